The van der Waals surface area contributed by atoms with Crippen LogP contribution < -0.4 is 10.1 Å². The average Bonchev–Trinajstić information content (AvgIpc) is 2.99. The Morgan fingerprint density at radius 2 is 1.93 bits per heavy atom. The van der Waals surface area contributed by atoms with E-state index in [4.69, 9.17) is 16.3 Å². The van der Waals surface area contributed by atoms with Gasteiger partial charge in [0.2, 0.25) is 0 Å². The van der Waals surface area contributed by atoms with E-state index in [9.17, 15) is 13.2 Å². The second kappa shape index (κ2) is 9.93. The smallest absolute Gasteiger partial charge is 0.261 e. The van der Waals surface area contributed by atoms with E-state index >= 15 is 0 Å². The van der Waals surface area contributed by atoms with Crippen molar-refractivity contribution < 1.29 is 17.9 Å². The molecule has 1 N–H and O–H groups in total. The van der Waals surface area contributed by atoms with Gasteiger partial charge in [-0.3, -0.25) is 4.79 Å². The van der Waals surface area contributed by atoms with Crippen LogP contribution >= 0.6 is 22.9 Å². The van der Waals surface area contributed by atoms with E-state index in [-0.39, 0.29) is 12.5 Å². The predicted octanol–water partition coefficient (Wildman–Crippen LogP) is 4.05. The maximum Gasteiger partial charge on any atom is 0.261 e. The molecule has 0 spiro atoms. The Labute approximate surface area is 180 Å². The van der Waals surface area contributed by atoms with Gasteiger partial charge in [0.05, 0.1) is 6.54 Å². The predicted molar refractivity (Wildman–Crippen MR) is 115 cm³/mol. The summed E-state index contributed by atoms with van der Waals surface area (Å²) < 4.78 is 33.2. The van der Waals surface area contributed by atoms with Crippen molar-refractivity contribution in [1.82, 2.24) is 9.62 Å². The average molecular weight is 457 g/mol. The molecule has 1 amide bonds. The van der Waals surface area contributed by atoms with Gasteiger partial charge in [-0.2, -0.15) is 4.31 Å². The SMILES string of the molecule is C[C@H](Oc1cccc(Cl)c1)C(=O)NCc1ccc(S(=O)(=O)N2CCCCCC2)s1. The fourth-order valence-electron chi connectivity index (χ4n) is 3.12. The third-order valence-corrected chi connectivity index (χ3v) is 8.40. The molecule has 6 nitrogen and oxygen atoms in total. The topological polar surface area (TPSA) is 75.7 Å². The molecule has 1 saturated heterocycles. The van der Waals surface area contributed by atoms with Crippen LogP contribution in [0.1, 0.15) is 37.5 Å². The van der Waals surface area contributed by atoms with Crippen LogP contribution in [0.4, 0.5) is 0 Å². The first-order valence-electron chi connectivity index (χ1n) is 9.65. The van der Waals surface area contributed by atoms with E-state index < -0.39 is 16.1 Å². The summed E-state index contributed by atoms with van der Waals surface area (Å²) in [6.45, 7) is 3.05. The summed E-state index contributed by atoms with van der Waals surface area (Å²) in [5.74, 6) is 0.234. The van der Waals surface area contributed by atoms with Crippen LogP contribution in [0, 0.1) is 0 Å². The number of benzene rings is 1. The molecule has 1 atom stereocenters. The molecule has 0 unspecified atom stereocenters. The highest BCUT2D eigenvalue weighted by Crippen LogP contribution is 2.27. The van der Waals surface area contributed by atoms with Crippen LogP contribution in [0.3, 0.4) is 0 Å². The van der Waals surface area contributed by atoms with Crippen molar-refractivity contribution in [1.29, 1.82) is 0 Å². The number of halogens is 1. The fraction of sp³-hybridized carbons (Fsp3) is 0.450. The molecular formula is C20H25ClN2O4S2. The van der Waals surface area contributed by atoms with Crippen molar-refractivity contribution in [3.8, 4) is 5.75 Å². The minimum Gasteiger partial charge on any atom is -0.481 e. The summed E-state index contributed by atoms with van der Waals surface area (Å²) in [5.41, 5.74) is 0. The number of ether oxygens (including phenoxy) is 1. The van der Waals surface area contributed by atoms with Crippen LogP contribution in [0.25, 0.3) is 0 Å². The highest BCUT2D eigenvalue weighted by Gasteiger charge is 2.26. The van der Waals surface area contributed by atoms with E-state index in [1.54, 1.807) is 47.6 Å². The maximum absolute atomic E-state index is 12.8. The van der Waals surface area contributed by atoms with Gasteiger partial charge in [0.15, 0.2) is 6.10 Å². The summed E-state index contributed by atoms with van der Waals surface area (Å²) in [7, 11) is -3.46. The first-order valence-corrected chi connectivity index (χ1v) is 12.3. The van der Waals surface area contributed by atoms with E-state index in [0.717, 1.165) is 30.6 Å². The van der Waals surface area contributed by atoms with E-state index in [2.05, 4.69) is 5.32 Å². The van der Waals surface area contributed by atoms with Crippen molar-refractivity contribution in [2.75, 3.05) is 13.1 Å². The lowest BCUT2D eigenvalue weighted by Gasteiger charge is -2.18. The van der Waals surface area contributed by atoms with Crippen LogP contribution in [0.2, 0.25) is 5.02 Å². The minimum atomic E-state index is -3.46. The summed E-state index contributed by atoms with van der Waals surface area (Å²) in [6, 6.07) is 10.2. The number of rotatable bonds is 7. The molecular weight excluding hydrogens is 432 g/mol. The van der Waals surface area contributed by atoms with Gasteiger partial charge in [-0.25, -0.2) is 8.42 Å². The molecule has 158 valence electrons. The molecule has 2 aromatic rings. The molecule has 0 aliphatic carbocycles. The van der Waals surface area contributed by atoms with Gasteiger partial charge in [-0.1, -0.05) is 30.5 Å². The zero-order valence-corrected chi connectivity index (χ0v) is 18.7. The number of thiophene rings is 1. The Hall–Kier alpha value is -1.61. The maximum atomic E-state index is 12.8. The van der Waals surface area contributed by atoms with Crippen LogP contribution in [0.5, 0.6) is 5.75 Å². The Balaban J connectivity index is 1.56. The molecule has 0 radical (unpaired) electrons. The van der Waals surface area contributed by atoms with Crippen molar-refractivity contribution in [2.24, 2.45) is 0 Å². The van der Waals surface area contributed by atoms with Gasteiger partial charge >= 0.3 is 0 Å². The first kappa shape index (κ1) is 22.1. The third kappa shape index (κ3) is 5.94. The van der Waals surface area contributed by atoms with E-state index in [0.29, 0.717) is 28.1 Å². The highest BCUT2D eigenvalue weighted by atomic mass is 35.5. The second-order valence-corrected chi connectivity index (χ2v) is 10.7. The van der Waals surface area contributed by atoms with Gasteiger partial charge < -0.3 is 10.1 Å². The number of amides is 1. The molecule has 9 heteroatoms. The normalized spacial score (nSPS) is 16.8. The Morgan fingerprint density at radius 3 is 2.62 bits per heavy atom. The fourth-order valence-corrected chi connectivity index (χ4v) is 6.26. The van der Waals surface area contributed by atoms with Gasteiger partial charge in [-0.05, 0) is 50.1 Å². The standard InChI is InChI=1S/C20H25ClN2O4S2/c1-15(27-17-8-6-7-16(21)13-17)20(24)22-14-18-9-10-19(28-18)29(25,26)23-11-4-2-3-5-12-23/h6-10,13,15H,2-5,11-12,14H2,1H3,(H,22,24)/t15-/m0/s1. The van der Waals surface area contributed by atoms with Gasteiger partial charge in [0, 0.05) is 23.0 Å². The number of hydrogen-bond acceptors (Lipinski definition) is 5. The largest absolute Gasteiger partial charge is 0.481 e. The number of nitrogens with zero attached hydrogens (tertiary/aromatic N) is 1. The van der Waals surface area contributed by atoms with Crippen LogP contribution in [0.15, 0.2) is 40.6 Å². The van der Waals surface area contributed by atoms with Crippen LogP contribution in [-0.4, -0.2) is 37.8 Å². The Bertz CT molecular complexity index is 937. The summed E-state index contributed by atoms with van der Waals surface area (Å²) >= 11 is 7.12. The molecule has 0 bridgehead atoms. The van der Waals surface area contributed by atoms with Gasteiger partial charge in [0.1, 0.15) is 9.96 Å². The number of hydrogen-bond donors (Lipinski definition) is 1. The Kier molecular flexibility index (Phi) is 7.56. The third-order valence-electron chi connectivity index (χ3n) is 4.71. The lowest BCUT2D eigenvalue weighted by molar-refractivity contribution is -0.127. The number of carbonyl (C=O) groups is 1. The summed E-state index contributed by atoms with van der Waals surface area (Å²) in [5, 5.41) is 3.33. The van der Waals surface area contributed by atoms with Crippen LogP contribution in [-0.2, 0) is 21.4 Å². The van der Waals surface area contributed by atoms with Crippen molar-refractivity contribution >= 4 is 38.9 Å². The minimum absolute atomic E-state index is 0.252. The van der Waals surface area contributed by atoms with E-state index in [1.165, 1.54) is 11.3 Å². The number of nitrogens with one attached hydrogen (secondary N) is 1. The van der Waals surface area contributed by atoms with Crippen molar-refractivity contribution in [2.45, 2.75) is 49.5 Å². The summed E-state index contributed by atoms with van der Waals surface area (Å²) in [6.07, 6.45) is 3.25. The monoisotopic (exact) mass is 456 g/mol. The first-order chi connectivity index (χ1) is 13.9. The van der Waals surface area contributed by atoms with Gasteiger partial charge in [0.25, 0.3) is 15.9 Å². The van der Waals surface area contributed by atoms with Crippen molar-refractivity contribution in [3.05, 3.63) is 46.3 Å². The zero-order valence-electron chi connectivity index (χ0n) is 16.3. The summed E-state index contributed by atoms with van der Waals surface area (Å²) in [4.78, 5) is 13.1. The molecule has 29 heavy (non-hydrogen) atoms. The second-order valence-electron chi connectivity index (χ2n) is 6.97. The molecule has 2 heterocycles. The number of carbonyl (C=O) groups excluding carboxylic acids is 1. The molecule has 0 saturated carbocycles. The Morgan fingerprint density at radius 1 is 1.21 bits per heavy atom. The lowest BCUT2D eigenvalue weighted by atomic mass is 10.2. The molecule has 1 fully saturated rings. The zero-order chi connectivity index (χ0) is 20.9. The lowest BCUT2D eigenvalue weighted by Crippen LogP contribution is -2.35. The molecule has 1 aromatic heterocycles. The highest BCUT2D eigenvalue weighted by molar-refractivity contribution is 7.91. The van der Waals surface area contributed by atoms with E-state index in [1.807, 2.05) is 0 Å². The molecule has 1 aromatic carbocycles. The number of sulfonamides is 1. The molecule has 3 rings (SSSR count). The van der Waals surface area contributed by atoms with Crippen molar-refractivity contribution in [3.63, 3.8) is 0 Å². The molecule has 1 aliphatic rings. The molecule has 1 aliphatic heterocycles. The van der Waals surface area contributed by atoms with Gasteiger partial charge in [-0.15, -0.1) is 11.3 Å². The quantitative estimate of drug-likeness (QED) is 0.681.